The fraction of sp³-hybridized carbons (Fsp3) is 0.364. The van der Waals surface area contributed by atoms with Crippen molar-refractivity contribution in [2.45, 2.75) is 25.8 Å². The van der Waals surface area contributed by atoms with Crippen LogP contribution in [0.5, 0.6) is 5.75 Å². The van der Waals surface area contributed by atoms with Gasteiger partial charge < -0.3 is 10.4 Å². The molecule has 1 aromatic carbocycles. The number of phenols is 1. The quantitative estimate of drug-likeness (QED) is 0.709. The summed E-state index contributed by atoms with van der Waals surface area (Å²) >= 11 is 0. The van der Waals surface area contributed by atoms with Crippen LogP contribution in [0, 0.1) is 6.92 Å². The number of benzene rings is 1. The Morgan fingerprint density at radius 1 is 1.50 bits per heavy atom. The average molecular weight is 191 g/mol. The highest BCUT2D eigenvalue weighted by Gasteiger charge is 2.24. The number of rotatable bonds is 1. The van der Waals surface area contributed by atoms with Crippen molar-refractivity contribution in [3.63, 3.8) is 0 Å². The number of aromatic hydroxyl groups is 1. The van der Waals surface area contributed by atoms with Crippen molar-refractivity contribution in [1.82, 2.24) is 5.32 Å². The maximum absolute atomic E-state index is 11.0. The van der Waals surface area contributed by atoms with Gasteiger partial charge in [0.1, 0.15) is 5.75 Å². The Kier molecular flexibility index (Phi) is 2.15. The third kappa shape index (κ3) is 1.58. The van der Waals surface area contributed by atoms with Gasteiger partial charge in [-0.3, -0.25) is 4.79 Å². The fourth-order valence-corrected chi connectivity index (χ4v) is 1.80. The van der Waals surface area contributed by atoms with E-state index in [1.165, 1.54) is 0 Å². The van der Waals surface area contributed by atoms with Gasteiger partial charge in [-0.05, 0) is 25.0 Å². The normalized spacial score (nSPS) is 20.9. The van der Waals surface area contributed by atoms with E-state index < -0.39 is 0 Å². The maximum Gasteiger partial charge on any atom is 0.220 e. The van der Waals surface area contributed by atoms with Gasteiger partial charge in [0, 0.05) is 12.0 Å². The van der Waals surface area contributed by atoms with Crippen LogP contribution in [-0.2, 0) is 4.79 Å². The molecule has 14 heavy (non-hydrogen) atoms. The minimum Gasteiger partial charge on any atom is -0.508 e. The van der Waals surface area contributed by atoms with Crippen molar-refractivity contribution in [2.24, 2.45) is 0 Å². The molecule has 1 heterocycles. The number of amides is 1. The molecule has 2 N–H and O–H groups in total. The van der Waals surface area contributed by atoms with Crippen LogP contribution in [0.15, 0.2) is 18.2 Å². The van der Waals surface area contributed by atoms with Crippen LogP contribution in [0.3, 0.4) is 0 Å². The Bertz CT molecular complexity index is 374. The second-order valence-electron chi connectivity index (χ2n) is 3.72. The molecule has 1 fully saturated rings. The van der Waals surface area contributed by atoms with Gasteiger partial charge in [-0.1, -0.05) is 12.1 Å². The van der Waals surface area contributed by atoms with Crippen molar-refractivity contribution < 1.29 is 9.90 Å². The van der Waals surface area contributed by atoms with Gasteiger partial charge in [0.2, 0.25) is 5.91 Å². The highest BCUT2D eigenvalue weighted by atomic mass is 16.3. The van der Waals surface area contributed by atoms with E-state index in [4.69, 9.17) is 0 Å². The molecule has 0 spiro atoms. The number of carbonyl (C=O) groups is 1. The molecule has 3 nitrogen and oxygen atoms in total. The highest BCUT2D eigenvalue weighted by Crippen LogP contribution is 2.30. The third-order valence-electron chi connectivity index (χ3n) is 2.56. The summed E-state index contributed by atoms with van der Waals surface area (Å²) < 4.78 is 0. The predicted octanol–water partition coefficient (Wildman–Crippen LogP) is 1.65. The molecule has 1 atom stereocenters. The minimum absolute atomic E-state index is 0.0110. The molecule has 74 valence electrons. The molecule has 0 unspecified atom stereocenters. The maximum atomic E-state index is 11.0. The summed E-state index contributed by atoms with van der Waals surface area (Å²) in [6.07, 6.45) is 1.33. The van der Waals surface area contributed by atoms with Gasteiger partial charge in [-0.2, -0.15) is 0 Å². The Hall–Kier alpha value is -1.51. The molecule has 1 aliphatic heterocycles. The molecule has 0 bridgehead atoms. The van der Waals surface area contributed by atoms with E-state index in [0.29, 0.717) is 6.42 Å². The van der Waals surface area contributed by atoms with Crippen LogP contribution in [0.1, 0.15) is 30.0 Å². The van der Waals surface area contributed by atoms with E-state index in [1.807, 2.05) is 19.1 Å². The number of phenolic OH excluding ortho intramolecular Hbond substituents is 1. The van der Waals surface area contributed by atoms with Gasteiger partial charge in [0.15, 0.2) is 0 Å². The van der Waals surface area contributed by atoms with Crippen LogP contribution >= 0.6 is 0 Å². The molecule has 0 aromatic heterocycles. The van der Waals surface area contributed by atoms with E-state index in [2.05, 4.69) is 5.32 Å². The van der Waals surface area contributed by atoms with Gasteiger partial charge in [0.05, 0.1) is 6.04 Å². The molecule has 1 amide bonds. The molecule has 0 aliphatic carbocycles. The zero-order valence-electron chi connectivity index (χ0n) is 8.08. The fourth-order valence-electron chi connectivity index (χ4n) is 1.80. The van der Waals surface area contributed by atoms with E-state index in [-0.39, 0.29) is 17.7 Å². The summed E-state index contributed by atoms with van der Waals surface area (Å²) in [6.45, 7) is 1.93. The van der Waals surface area contributed by atoms with E-state index in [9.17, 15) is 9.90 Å². The Morgan fingerprint density at radius 3 is 2.86 bits per heavy atom. The molecular weight excluding hydrogens is 178 g/mol. The molecule has 0 radical (unpaired) electrons. The molecule has 2 rings (SSSR count). The topological polar surface area (TPSA) is 49.3 Å². The molecule has 1 aromatic rings. The number of hydrogen-bond acceptors (Lipinski definition) is 2. The standard InChI is InChI=1S/C11H13NO2/c1-7-2-3-8(10(13)6-7)9-4-5-11(14)12-9/h2-3,6,9,13H,4-5H2,1H3,(H,12,14)/t9-/m0/s1. The van der Waals surface area contributed by atoms with Gasteiger partial charge in [-0.15, -0.1) is 0 Å². The summed E-state index contributed by atoms with van der Waals surface area (Å²) in [5.41, 5.74) is 1.84. The largest absolute Gasteiger partial charge is 0.508 e. The van der Waals surface area contributed by atoms with Gasteiger partial charge in [0.25, 0.3) is 0 Å². The SMILES string of the molecule is Cc1ccc([C@@H]2CCC(=O)N2)c(O)c1. The number of carbonyl (C=O) groups excluding carboxylic acids is 1. The second-order valence-corrected chi connectivity index (χ2v) is 3.72. The molecule has 1 saturated heterocycles. The van der Waals surface area contributed by atoms with Crippen molar-refractivity contribution in [3.8, 4) is 5.75 Å². The van der Waals surface area contributed by atoms with Crippen LogP contribution in [0.2, 0.25) is 0 Å². The first-order valence-corrected chi connectivity index (χ1v) is 4.75. The first-order chi connectivity index (χ1) is 6.66. The minimum atomic E-state index is -0.0110. The summed E-state index contributed by atoms with van der Waals surface area (Å²) in [5, 5.41) is 12.5. The monoisotopic (exact) mass is 191 g/mol. The van der Waals surface area contributed by atoms with E-state index in [1.54, 1.807) is 6.07 Å². The smallest absolute Gasteiger partial charge is 0.220 e. The second kappa shape index (κ2) is 3.33. The first kappa shape index (κ1) is 9.06. The molecule has 0 saturated carbocycles. The van der Waals surface area contributed by atoms with E-state index in [0.717, 1.165) is 17.5 Å². The Labute approximate surface area is 82.8 Å². The Morgan fingerprint density at radius 2 is 2.29 bits per heavy atom. The summed E-state index contributed by atoms with van der Waals surface area (Å²) in [6, 6.07) is 5.53. The third-order valence-corrected chi connectivity index (χ3v) is 2.56. The lowest BCUT2D eigenvalue weighted by molar-refractivity contribution is -0.119. The average Bonchev–Trinajstić information content (AvgIpc) is 2.51. The van der Waals surface area contributed by atoms with Crippen molar-refractivity contribution in [2.75, 3.05) is 0 Å². The van der Waals surface area contributed by atoms with Crippen LogP contribution in [0.25, 0.3) is 0 Å². The molecule has 1 aliphatic rings. The highest BCUT2D eigenvalue weighted by molar-refractivity contribution is 5.78. The van der Waals surface area contributed by atoms with Gasteiger partial charge in [-0.25, -0.2) is 0 Å². The summed E-state index contributed by atoms with van der Waals surface area (Å²) in [4.78, 5) is 11.0. The van der Waals surface area contributed by atoms with Crippen LogP contribution in [-0.4, -0.2) is 11.0 Å². The number of hydrogen-bond donors (Lipinski definition) is 2. The lowest BCUT2D eigenvalue weighted by atomic mass is 10.0. The Balaban J connectivity index is 2.28. The number of nitrogens with one attached hydrogen (secondary N) is 1. The predicted molar refractivity (Wildman–Crippen MR) is 53.0 cm³/mol. The summed E-state index contributed by atoms with van der Waals surface area (Å²) in [5.74, 6) is 0.340. The zero-order valence-corrected chi connectivity index (χ0v) is 8.08. The molecule has 3 heteroatoms. The number of aryl methyl sites for hydroxylation is 1. The molecular formula is C11H13NO2. The summed E-state index contributed by atoms with van der Waals surface area (Å²) in [7, 11) is 0. The first-order valence-electron chi connectivity index (χ1n) is 4.75. The van der Waals surface area contributed by atoms with Gasteiger partial charge >= 0.3 is 0 Å². The van der Waals surface area contributed by atoms with Crippen molar-refractivity contribution >= 4 is 5.91 Å². The van der Waals surface area contributed by atoms with Crippen molar-refractivity contribution in [3.05, 3.63) is 29.3 Å². The zero-order chi connectivity index (χ0) is 10.1. The van der Waals surface area contributed by atoms with E-state index >= 15 is 0 Å². The van der Waals surface area contributed by atoms with Crippen LogP contribution < -0.4 is 5.32 Å². The lowest BCUT2D eigenvalue weighted by Crippen LogP contribution is -2.18. The lowest BCUT2D eigenvalue weighted by Gasteiger charge is -2.12. The van der Waals surface area contributed by atoms with Crippen molar-refractivity contribution in [1.29, 1.82) is 0 Å². The van der Waals surface area contributed by atoms with Crippen LogP contribution in [0.4, 0.5) is 0 Å².